The molecule has 0 radical (unpaired) electrons. The maximum atomic E-state index is 12.9. The summed E-state index contributed by atoms with van der Waals surface area (Å²) in [5.41, 5.74) is 1.91. The molecule has 3 aliphatic rings. The number of piperazine rings is 1. The summed E-state index contributed by atoms with van der Waals surface area (Å²) < 4.78 is 5.54. The third-order valence-corrected chi connectivity index (χ3v) is 7.11. The van der Waals surface area contributed by atoms with Gasteiger partial charge in [0.1, 0.15) is 0 Å². The Kier molecular flexibility index (Phi) is 5.86. The lowest BCUT2D eigenvalue weighted by Gasteiger charge is -2.37. The zero-order valence-corrected chi connectivity index (χ0v) is 17.7. The van der Waals surface area contributed by atoms with E-state index in [1.807, 2.05) is 11.0 Å². The lowest BCUT2D eigenvalue weighted by molar-refractivity contribution is 0.0561. The summed E-state index contributed by atoms with van der Waals surface area (Å²) in [4.78, 5) is 19.8. The fraction of sp³-hybridized carbons (Fsp3) is 0.583. The average molecular weight is 409 g/mol. The number of likely N-dealkylation sites (tertiary alicyclic amines) is 1. The van der Waals surface area contributed by atoms with E-state index in [1.165, 1.54) is 44.2 Å². The second-order valence-electron chi connectivity index (χ2n) is 9.17. The topological polar surface area (TPSA) is 52.8 Å². The Morgan fingerprint density at radius 1 is 1.03 bits per heavy atom. The molecule has 3 saturated heterocycles. The predicted molar refractivity (Wildman–Crippen MR) is 115 cm³/mol. The lowest BCUT2D eigenvalue weighted by Crippen LogP contribution is -2.52. The molecule has 5 rings (SSSR count). The number of nitrogens with zero attached hydrogens (tertiary/aromatic N) is 4. The van der Waals surface area contributed by atoms with Gasteiger partial charge >= 0.3 is 0 Å². The highest BCUT2D eigenvalue weighted by Crippen LogP contribution is 2.24. The number of fused-ring (bicyclic) bond motifs is 1. The highest BCUT2D eigenvalue weighted by molar-refractivity contribution is 5.92. The van der Waals surface area contributed by atoms with Gasteiger partial charge in [-0.3, -0.25) is 14.6 Å². The molecule has 1 amide bonds. The Morgan fingerprint density at radius 3 is 2.70 bits per heavy atom. The van der Waals surface area contributed by atoms with Crippen LogP contribution in [0.3, 0.4) is 0 Å². The highest BCUT2D eigenvalue weighted by Gasteiger charge is 2.33. The van der Waals surface area contributed by atoms with Gasteiger partial charge in [-0.05, 0) is 63.2 Å². The quantitative estimate of drug-likeness (QED) is 0.761. The third kappa shape index (κ3) is 4.44. The van der Waals surface area contributed by atoms with E-state index in [0.29, 0.717) is 11.7 Å². The van der Waals surface area contributed by atoms with Crippen LogP contribution in [0.2, 0.25) is 0 Å². The van der Waals surface area contributed by atoms with Crippen LogP contribution < -0.4 is 0 Å². The van der Waals surface area contributed by atoms with Crippen LogP contribution >= 0.6 is 0 Å². The summed E-state index contributed by atoms with van der Waals surface area (Å²) in [5, 5.41) is 4.11. The van der Waals surface area contributed by atoms with E-state index in [2.05, 4.69) is 45.3 Å². The first-order chi connectivity index (χ1) is 14.7. The number of piperidine rings is 1. The van der Waals surface area contributed by atoms with Crippen LogP contribution in [0.4, 0.5) is 0 Å². The van der Waals surface area contributed by atoms with Crippen LogP contribution in [0.25, 0.3) is 0 Å². The summed E-state index contributed by atoms with van der Waals surface area (Å²) >= 11 is 0. The van der Waals surface area contributed by atoms with Crippen LogP contribution in [-0.2, 0) is 13.0 Å². The highest BCUT2D eigenvalue weighted by atomic mass is 16.5. The number of aromatic nitrogens is 1. The minimum absolute atomic E-state index is 0.0260. The van der Waals surface area contributed by atoms with Gasteiger partial charge in [0.2, 0.25) is 0 Å². The SMILES string of the molecule is O=C(c1cc(CN2CCC(Cc3ccccc3)CC2)on1)N1CCN2CCC[C@@H]2C1. The fourth-order valence-electron chi connectivity index (χ4n) is 5.34. The van der Waals surface area contributed by atoms with Crippen LogP contribution in [-0.4, -0.2) is 71.1 Å². The van der Waals surface area contributed by atoms with Crippen molar-refractivity contribution < 1.29 is 9.32 Å². The smallest absolute Gasteiger partial charge is 0.276 e. The monoisotopic (exact) mass is 408 g/mol. The Bertz CT molecular complexity index is 844. The summed E-state index contributed by atoms with van der Waals surface area (Å²) in [6.07, 6.45) is 6.04. The Labute approximate surface area is 178 Å². The van der Waals surface area contributed by atoms with E-state index in [0.717, 1.165) is 50.9 Å². The van der Waals surface area contributed by atoms with Gasteiger partial charge in [0.15, 0.2) is 11.5 Å². The van der Waals surface area contributed by atoms with Crippen molar-refractivity contribution in [2.75, 3.05) is 39.3 Å². The molecular weight excluding hydrogens is 376 g/mol. The number of amides is 1. The molecule has 3 fully saturated rings. The van der Waals surface area contributed by atoms with Crippen molar-refractivity contribution in [1.82, 2.24) is 19.9 Å². The summed E-state index contributed by atoms with van der Waals surface area (Å²) in [5.74, 6) is 1.59. The molecule has 30 heavy (non-hydrogen) atoms. The van der Waals surface area contributed by atoms with Gasteiger partial charge in [-0.25, -0.2) is 0 Å². The van der Waals surface area contributed by atoms with Crippen LogP contribution in [0, 0.1) is 5.92 Å². The molecule has 160 valence electrons. The van der Waals surface area contributed by atoms with Gasteiger partial charge in [-0.2, -0.15) is 0 Å². The van der Waals surface area contributed by atoms with Crippen molar-refractivity contribution >= 4 is 5.91 Å². The van der Waals surface area contributed by atoms with Crippen LogP contribution in [0.5, 0.6) is 0 Å². The Balaban J connectivity index is 1.11. The molecule has 1 aromatic carbocycles. The van der Waals surface area contributed by atoms with E-state index in [-0.39, 0.29) is 5.91 Å². The maximum absolute atomic E-state index is 12.9. The number of hydrogen-bond acceptors (Lipinski definition) is 5. The third-order valence-electron chi connectivity index (χ3n) is 7.11. The van der Waals surface area contributed by atoms with Crippen molar-refractivity contribution in [2.45, 2.75) is 44.7 Å². The lowest BCUT2D eigenvalue weighted by atomic mass is 9.90. The first kappa shape index (κ1) is 19.8. The minimum Gasteiger partial charge on any atom is -0.359 e. The zero-order valence-electron chi connectivity index (χ0n) is 17.7. The van der Waals surface area contributed by atoms with E-state index in [4.69, 9.17) is 4.52 Å². The molecule has 1 aromatic heterocycles. The summed E-state index contributed by atoms with van der Waals surface area (Å²) in [6.45, 7) is 6.69. The number of carbonyl (C=O) groups is 1. The van der Waals surface area contributed by atoms with Gasteiger partial charge in [-0.15, -0.1) is 0 Å². The Hall–Kier alpha value is -2.18. The fourth-order valence-corrected chi connectivity index (χ4v) is 5.34. The molecule has 3 aliphatic heterocycles. The zero-order chi connectivity index (χ0) is 20.3. The van der Waals surface area contributed by atoms with E-state index in [9.17, 15) is 4.79 Å². The molecule has 0 bridgehead atoms. The van der Waals surface area contributed by atoms with E-state index in [1.54, 1.807) is 0 Å². The molecule has 6 heteroatoms. The van der Waals surface area contributed by atoms with Crippen LogP contribution in [0.1, 0.15) is 47.5 Å². The summed E-state index contributed by atoms with van der Waals surface area (Å²) in [7, 11) is 0. The number of hydrogen-bond donors (Lipinski definition) is 0. The molecule has 0 aliphatic carbocycles. The molecular formula is C24H32N4O2. The molecule has 2 aromatic rings. The Morgan fingerprint density at radius 2 is 1.87 bits per heavy atom. The van der Waals surface area contributed by atoms with Crippen molar-refractivity contribution in [3.63, 3.8) is 0 Å². The molecule has 6 nitrogen and oxygen atoms in total. The number of carbonyl (C=O) groups excluding carboxylic acids is 1. The standard InChI is InChI=1S/C24H32N4O2/c29-24(28-14-13-27-10-4-7-21(27)17-28)23-16-22(30-25-23)18-26-11-8-20(9-12-26)15-19-5-2-1-3-6-19/h1-3,5-6,16,20-21H,4,7-15,17-18H2/t21-/m1/s1. The number of rotatable bonds is 5. The van der Waals surface area contributed by atoms with E-state index >= 15 is 0 Å². The maximum Gasteiger partial charge on any atom is 0.276 e. The first-order valence-corrected chi connectivity index (χ1v) is 11.5. The van der Waals surface area contributed by atoms with Crippen LogP contribution in [0.15, 0.2) is 40.9 Å². The largest absolute Gasteiger partial charge is 0.359 e. The average Bonchev–Trinajstić information content (AvgIpc) is 3.44. The van der Waals surface area contributed by atoms with E-state index < -0.39 is 0 Å². The molecule has 0 saturated carbocycles. The van der Waals surface area contributed by atoms with Gasteiger partial charge in [0.25, 0.3) is 5.91 Å². The molecule has 0 spiro atoms. The van der Waals surface area contributed by atoms with Gasteiger partial charge in [0, 0.05) is 31.7 Å². The first-order valence-electron chi connectivity index (χ1n) is 11.5. The van der Waals surface area contributed by atoms with Crippen molar-refractivity contribution in [2.24, 2.45) is 5.92 Å². The predicted octanol–water partition coefficient (Wildman–Crippen LogP) is 3.05. The molecule has 1 atom stereocenters. The molecule has 0 unspecified atom stereocenters. The molecule has 4 heterocycles. The second kappa shape index (κ2) is 8.90. The summed E-state index contributed by atoms with van der Waals surface area (Å²) in [6, 6.07) is 13.2. The minimum atomic E-state index is 0.0260. The van der Waals surface area contributed by atoms with Gasteiger partial charge < -0.3 is 9.42 Å². The van der Waals surface area contributed by atoms with Crippen molar-refractivity contribution in [3.8, 4) is 0 Å². The second-order valence-corrected chi connectivity index (χ2v) is 9.17. The van der Waals surface area contributed by atoms with Gasteiger partial charge in [-0.1, -0.05) is 35.5 Å². The number of benzene rings is 1. The van der Waals surface area contributed by atoms with Gasteiger partial charge in [0.05, 0.1) is 6.54 Å². The normalized spacial score (nSPS) is 23.6. The molecule has 0 N–H and O–H groups in total. The van der Waals surface area contributed by atoms with Crippen molar-refractivity contribution in [1.29, 1.82) is 0 Å². The van der Waals surface area contributed by atoms with Crippen molar-refractivity contribution in [3.05, 3.63) is 53.4 Å².